The minimum atomic E-state index is 0.388. The van der Waals surface area contributed by atoms with E-state index in [2.05, 4.69) is 26.2 Å². The van der Waals surface area contributed by atoms with E-state index in [1.807, 2.05) is 0 Å². The first-order valence-electron chi connectivity index (χ1n) is 5.01. The molecule has 0 amide bonds. The molecule has 0 spiro atoms. The lowest BCUT2D eigenvalue weighted by molar-refractivity contribution is 0.0522. The highest BCUT2D eigenvalue weighted by Crippen LogP contribution is 2.25. The topological polar surface area (TPSA) is 21.3 Å². The first-order valence-corrected chi connectivity index (χ1v) is 5.01. The standard InChI is InChI=1S/C10H21NO/c1-8(2)12-7-9-4-5-10(6-9)11-3/h8-11H,4-7H2,1-3H3. The van der Waals surface area contributed by atoms with E-state index in [1.165, 1.54) is 19.3 Å². The number of nitrogens with one attached hydrogen (secondary N) is 1. The van der Waals surface area contributed by atoms with Gasteiger partial charge in [0.15, 0.2) is 0 Å². The maximum absolute atomic E-state index is 5.59. The highest BCUT2D eigenvalue weighted by atomic mass is 16.5. The molecule has 0 bridgehead atoms. The van der Waals surface area contributed by atoms with E-state index in [1.54, 1.807) is 0 Å². The van der Waals surface area contributed by atoms with E-state index in [4.69, 9.17) is 4.74 Å². The van der Waals surface area contributed by atoms with Gasteiger partial charge in [-0.1, -0.05) is 0 Å². The van der Waals surface area contributed by atoms with Gasteiger partial charge in [-0.2, -0.15) is 0 Å². The van der Waals surface area contributed by atoms with Crippen LogP contribution in [-0.4, -0.2) is 25.8 Å². The molecule has 2 atom stereocenters. The molecule has 2 nitrogen and oxygen atoms in total. The summed E-state index contributed by atoms with van der Waals surface area (Å²) in [5, 5.41) is 3.33. The molecule has 1 aliphatic rings. The van der Waals surface area contributed by atoms with Crippen molar-refractivity contribution in [2.45, 2.75) is 45.3 Å². The van der Waals surface area contributed by atoms with E-state index in [0.717, 1.165) is 18.6 Å². The molecule has 72 valence electrons. The van der Waals surface area contributed by atoms with E-state index in [9.17, 15) is 0 Å². The molecule has 0 aromatic heterocycles. The Kier molecular flexibility index (Phi) is 4.02. The van der Waals surface area contributed by atoms with Crippen LogP contribution in [0, 0.1) is 5.92 Å². The minimum absolute atomic E-state index is 0.388. The second kappa shape index (κ2) is 4.83. The van der Waals surface area contributed by atoms with Crippen LogP contribution in [0.2, 0.25) is 0 Å². The molecule has 1 fully saturated rings. The summed E-state index contributed by atoms with van der Waals surface area (Å²) < 4.78 is 5.59. The molecule has 0 aliphatic heterocycles. The van der Waals surface area contributed by atoms with Gasteiger partial charge in [-0.05, 0) is 46.1 Å². The monoisotopic (exact) mass is 171 g/mol. The maximum atomic E-state index is 5.59. The van der Waals surface area contributed by atoms with Crippen molar-refractivity contribution in [2.24, 2.45) is 5.92 Å². The lowest BCUT2D eigenvalue weighted by atomic mass is 10.1. The Balaban J connectivity index is 2.11. The number of rotatable bonds is 4. The van der Waals surface area contributed by atoms with Crippen LogP contribution in [0.4, 0.5) is 0 Å². The Labute approximate surface area is 75.7 Å². The van der Waals surface area contributed by atoms with Crippen molar-refractivity contribution in [2.75, 3.05) is 13.7 Å². The van der Waals surface area contributed by atoms with Crippen LogP contribution in [0.15, 0.2) is 0 Å². The summed E-state index contributed by atoms with van der Waals surface area (Å²) in [6, 6.07) is 0.741. The fourth-order valence-electron chi connectivity index (χ4n) is 1.82. The zero-order chi connectivity index (χ0) is 8.97. The summed E-state index contributed by atoms with van der Waals surface area (Å²) in [5.74, 6) is 0.796. The van der Waals surface area contributed by atoms with Gasteiger partial charge in [-0.25, -0.2) is 0 Å². The largest absolute Gasteiger partial charge is 0.379 e. The van der Waals surface area contributed by atoms with Crippen LogP contribution in [0.25, 0.3) is 0 Å². The average Bonchev–Trinajstić information content (AvgIpc) is 2.48. The first-order chi connectivity index (χ1) is 5.72. The summed E-state index contributed by atoms with van der Waals surface area (Å²) in [6.07, 6.45) is 4.34. The molecule has 2 unspecified atom stereocenters. The normalized spacial score (nSPS) is 30.0. The van der Waals surface area contributed by atoms with Crippen molar-refractivity contribution in [1.29, 1.82) is 0 Å². The maximum Gasteiger partial charge on any atom is 0.0519 e. The van der Waals surface area contributed by atoms with E-state index >= 15 is 0 Å². The summed E-state index contributed by atoms with van der Waals surface area (Å²) in [6.45, 7) is 5.16. The zero-order valence-corrected chi connectivity index (χ0v) is 8.47. The van der Waals surface area contributed by atoms with E-state index in [-0.39, 0.29) is 0 Å². The van der Waals surface area contributed by atoms with Crippen LogP contribution in [0.3, 0.4) is 0 Å². The number of hydrogen-bond acceptors (Lipinski definition) is 2. The van der Waals surface area contributed by atoms with Gasteiger partial charge >= 0.3 is 0 Å². The number of hydrogen-bond donors (Lipinski definition) is 1. The molecule has 1 aliphatic carbocycles. The molecule has 1 N–H and O–H groups in total. The molecule has 12 heavy (non-hydrogen) atoms. The van der Waals surface area contributed by atoms with Crippen molar-refractivity contribution < 1.29 is 4.74 Å². The molecule has 0 aromatic carbocycles. The fourth-order valence-corrected chi connectivity index (χ4v) is 1.82. The van der Waals surface area contributed by atoms with Crippen LogP contribution < -0.4 is 5.32 Å². The Morgan fingerprint density at radius 1 is 1.42 bits per heavy atom. The Morgan fingerprint density at radius 3 is 2.67 bits per heavy atom. The van der Waals surface area contributed by atoms with Crippen molar-refractivity contribution in [3.8, 4) is 0 Å². The van der Waals surface area contributed by atoms with Crippen LogP contribution in [-0.2, 0) is 4.74 Å². The fraction of sp³-hybridized carbons (Fsp3) is 1.00. The smallest absolute Gasteiger partial charge is 0.0519 e. The van der Waals surface area contributed by atoms with Crippen molar-refractivity contribution in [1.82, 2.24) is 5.32 Å². The van der Waals surface area contributed by atoms with Gasteiger partial charge in [0.2, 0.25) is 0 Å². The second-order valence-corrected chi connectivity index (χ2v) is 4.05. The van der Waals surface area contributed by atoms with E-state index in [0.29, 0.717) is 6.10 Å². The predicted octanol–water partition coefficient (Wildman–Crippen LogP) is 1.80. The van der Waals surface area contributed by atoms with Gasteiger partial charge in [0.25, 0.3) is 0 Å². The average molecular weight is 171 g/mol. The van der Waals surface area contributed by atoms with Crippen molar-refractivity contribution in [3.63, 3.8) is 0 Å². The van der Waals surface area contributed by atoms with Gasteiger partial charge in [0, 0.05) is 12.6 Å². The molecule has 1 saturated carbocycles. The highest BCUT2D eigenvalue weighted by molar-refractivity contribution is 4.79. The molecule has 0 aromatic rings. The third-order valence-electron chi connectivity index (χ3n) is 2.61. The molecule has 0 radical (unpaired) electrons. The van der Waals surface area contributed by atoms with Crippen LogP contribution >= 0.6 is 0 Å². The van der Waals surface area contributed by atoms with Crippen molar-refractivity contribution >= 4 is 0 Å². The molecular formula is C10H21NO. The third-order valence-corrected chi connectivity index (χ3v) is 2.61. The summed E-state index contributed by atoms with van der Waals surface area (Å²) in [7, 11) is 2.05. The Morgan fingerprint density at radius 2 is 2.17 bits per heavy atom. The summed E-state index contributed by atoms with van der Waals surface area (Å²) in [4.78, 5) is 0. The molecule has 1 rings (SSSR count). The lowest BCUT2D eigenvalue weighted by Gasteiger charge is -2.13. The highest BCUT2D eigenvalue weighted by Gasteiger charge is 2.23. The van der Waals surface area contributed by atoms with Crippen LogP contribution in [0.1, 0.15) is 33.1 Å². The van der Waals surface area contributed by atoms with Gasteiger partial charge in [0.1, 0.15) is 0 Å². The first kappa shape index (κ1) is 10.0. The third kappa shape index (κ3) is 3.11. The quantitative estimate of drug-likeness (QED) is 0.696. The predicted molar refractivity (Wildman–Crippen MR) is 51.3 cm³/mol. The van der Waals surface area contributed by atoms with E-state index < -0.39 is 0 Å². The van der Waals surface area contributed by atoms with Crippen molar-refractivity contribution in [3.05, 3.63) is 0 Å². The lowest BCUT2D eigenvalue weighted by Crippen LogP contribution is -2.22. The SMILES string of the molecule is CNC1CCC(COC(C)C)C1. The zero-order valence-electron chi connectivity index (χ0n) is 8.47. The van der Waals surface area contributed by atoms with Crippen LogP contribution in [0.5, 0.6) is 0 Å². The molecule has 2 heteroatoms. The Hall–Kier alpha value is -0.0800. The van der Waals surface area contributed by atoms with Gasteiger partial charge in [0.05, 0.1) is 6.10 Å². The molecule has 0 heterocycles. The molecular weight excluding hydrogens is 150 g/mol. The van der Waals surface area contributed by atoms with Gasteiger partial charge < -0.3 is 10.1 Å². The minimum Gasteiger partial charge on any atom is -0.379 e. The van der Waals surface area contributed by atoms with Gasteiger partial charge in [-0.15, -0.1) is 0 Å². The summed E-state index contributed by atoms with van der Waals surface area (Å²) in [5.41, 5.74) is 0. The Bertz CT molecular complexity index is 125. The second-order valence-electron chi connectivity index (χ2n) is 4.05. The summed E-state index contributed by atoms with van der Waals surface area (Å²) >= 11 is 0. The number of ether oxygens (including phenoxy) is 1. The molecule has 0 saturated heterocycles. The van der Waals surface area contributed by atoms with Gasteiger partial charge in [-0.3, -0.25) is 0 Å².